The van der Waals surface area contributed by atoms with E-state index in [1.807, 2.05) is 19.1 Å². The van der Waals surface area contributed by atoms with Crippen LogP contribution in [0.25, 0.3) is 5.76 Å². The highest BCUT2D eigenvalue weighted by atomic mass is 16.5. The van der Waals surface area contributed by atoms with Crippen molar-refractivity contribution in [2.24, 2.45) is 0 Å². The number of carbonyl (C=O) groups is 2. The Balaban J connectivity index is 1.76. The summed E-state index contributed by atoms with van der Waals surface area (Å²) >= 11 is 0. The van der Waals surface area contributed by atoms with Gasteiger partial charge in [0.25, 0.3) is 11.7 Å². The normalized spacial score (nSPS) is 20.5. The van der Waals surface area contributed by atoms with Crippen LogP contribution in [0.5, 0.6) is 11.5 Å². The fourth-order valence-corrected chi connectivity index (χ4v) is 4.41. The number of Topliss-reactive ketones (excluding diaryl/α,β-unsaturated/α-hetero) is 1. The Morgan fingerprint density at radius 1 is 1.06 bits per heavy atom. The van der Waals surface area contributed by atoms with Gasteiger partial charge in [0.15, 0.2) is 11.5 Å². The fourth-order valence-electron chi connectivity index (χ4n) is 4.41. The number of nitrogens with zero attached hydrogens (tertiary/aromatic N) is 2. The van der Waals surface area contributed by atoms with Crippen LogP contribution in [0.3, 0.4) is 0 Å². The summed E-state index contributed by atoms with van der Waals surface area (Å²) in [6.07, 6.45) is 0. The van der Waals surface area contributed by atoms with E-state index in [2.05, 4.69) is 4.90 Å². The van der Waals surface area contributed by atoms with Gasteiger partial charge in [-0.05, 0) is 24.6 Å². The van der Waals surface area contributed by atoms with E-state index in [0.717, 1.165) is 13.1 Å². The molecule has 0 bridgehead atoms. The monoisotopic (exact) mass is 466 g/mol. The Bertz CT molecular complexity index is 1060. The molecule has 0 spiro atoms. The highest BCUT2D eigenvalue weighted by Gasteiger charge is 2.46. The minimum Gasteiger partial charge on any atom is -0.507 e. The predicted molar refractivity (Wildman–Crippen MR) is 127 cm³/mol. The molecular formula is C26H30N2O6. The van der Waals surface area contributed by atoms with Crippen LogP contribution in [0, 0.1) is 0 Å². The van der Waals surface area contributed by atoms with Gasteiger partial charge < -0.3 is 24.2 Å². The van der Waals surface area contributed by atoms with Crippen LogP contribution in [-0.2, 0) is 14.3 Å². The van der Waals surface area contributed by atoms with E-state index < -0.39 is 17.7 Å². The maximum absolute atomic E-state index is 13.2. The summed E-state index contributed by atoms with van der Waals surface area (Å²) in [5, 5.41) is 11.1. The minimum atomic E-state index is -0.745. The first-order valence-electron chi connectivity index (χ1n) is 11.5. The van der Waals surface area contributed by atoms with E-state index in [0.29, 0.717) is 55.5 Å². The van der Waals surface area contributed by atoms with Crippen LogP contribution >= 0.6 is 0 Å². The summed E-state index contributed by atoms with van der Waals surface area (Å²) in [5.74, 6) is -0.435. The van der Waals surface area contributed by atoms with Gasteiger partial charge in [-0.1, -0.05) is 36.4 Å². The maximum Gasteiger partial charge on any atom is 0.295 e. The van der Waals surface area contributed by atoms with Crippen LogP contribution in [0.1, 0.15) is 24.1 Å². The van der Waals surface area contributed by atoms with Crippen LogP contribution in [-0.4, -0.2) is 79.7 Å². The third kappa shape index (κ3) is 4.78. The lowest BCUT2D eigenvalue weighted by Gasteiger charge is -2.31. The maximum atomic E-state index is 13.2. The van der Waals surface area contributed by atoms with Crippen LogP contribution < -0.4 is 9.47 Å². The van der Waals surface area contributed by atoms with Crippen LogP contribution in [0.15, 0.2) is 54.1 Å². The molecule has 2 saturated heterocycles. The summed E-state index contributed by atoms with van der Waals surface area (Å²) in [6, 6.07) is 13.4. The first kappa shape index (κ1) is 23.8. The Kier molecular flexibility index (Phi) is 7.49. The number of amides is 1. The fraction of sp³-hybridized carbons (Fsp3) is 0.385. The zero-order valence-corrected chi connectivity index (χ0v) is 19.5. The molecule has 4 rings (SSSR count). The number of methoxy groups -OCH3 is 1. The van der Waals surface area contributed by atoms with Gasteiger partial charge in [-0.3, -0.25) is 14.5 Å². The topological polar surface area (TPSA) is 88.5 Å². The minimum absolute atomic E-state index is 0.0735. The molecule has 180 valence electrons. The van der Waals surface area contributed by atoms with Gasteiger partial charge in [-0.25, -0.2) is 0 Å². The molecule has 1 atom stereocenters. The molecule has 8 nitrogen and oxygen atoms in total. The van der Waals surface area contributed by atoms with Crippen LogP contribution in [0.4, 0.5) is 0 Å². The number of aliphatic hydroxyl groups excluding tert-OH is 1. The quantitative estimate of drug-likeness (QED) is 0.364. The number of morpholine rings is 1. The van der Waals surface area contributed by atoms with Crippen molar-refractivity contribution in [3.8, 4) is 11.5 Å². The number of benzene rings is 2. The number of hydrogen-bond donors (Lipinski definition) is 1. The standard InChI is InChI=1S/C26H30N2O6/c1-3-34-20-10-9-19(17-21(20)32-2)23-22(24(29)18-7-5-4-6-8-18)25(30)26(31)28(23)12-11-27-13-15-33-16-14-27/h4-10,17,23,29H,3,11-16H2,1-2H3/b24-22+/t23-/m1/s1. The van der Waals surface area contributed by atoms with Gasteiger partial charge >= 0.3 is 0 Å². The summed E-state index contributed by atoms with van der Waals surface area (Å²) in [4.78, 5) is 30.1. The Hall–Kier alpha value is -3.36. The van der Waals surface area contributed by atoms with Crippen molar-refractivity contribution in [1.29, 1.82) is 0 Å². The molecule has 2 aromatic rings. The number of ether oxygens (including phenoxy) is 3. The van der Waals surface area contributed by atoms with Crippen molar-refractivity contribution >= 4 is 17.4 Å². The summed E-state index contributed by atoms with van der Waals surface area (Å²) in [6.45, 7) is 6.14. The summed E-state index contributed by atoms with van der Waals surface area (Å²) in [5.41, 5.74) is 1.22. The largest absolute Gasteiger partial charge is 0.507 e. The molecule has 34 heavy (non-hydrogen) atoms. The predicted octanol–water partition coefficient (Wildman–Crippen LogP) is 2.85. The SMILES string of the molecule is CCOc1ccc([C@@H]2/C(=C(\O)c3ccccc3)C(=O)C(=O)N2CCN2CCOCC2)cc1OC. The van der Waals surface area contributed by atoms with Crippen molar-refractivity contribution < 1.29 is 28.9 Å². The highest BCUT2D eigenvalue weighted by molar-refractivity contribution is 6.46. The zero-order chi connectivity index (χ0) is 24.1. The van der Waals surface area contributed by atoms with Crippen molar-refractivity contribution in [2.75, 3.05) is 53.1 Å². The van der Waals surface area contributed by atoms with Gasteiger partial charge in [0, 0.05) is 31.7 Å². The molecule has 0 aliphatic carbocycles. The first-order valence-corrected chi connectivity index (χ1v) is 11.5. The molecule has 2 aliphatic heterocycles. The first-order chi connectivity index (χ1) is 16.5. The zero-order valence-electron chi connectivity index (χ0n) is 19.5. The molecule has 1 amide bonds. The number of carbonyl (C=O) groups excluding carboxylic acids is 2. The number of rotatable bonds is 8. The smallest absolute Gasteiger partial charge is 0.295 e. The second kappa shape index (κ2) is 10.7. The summed E-state index contributed by atoms with van der Waals surface area (Å²) < 4.78 is 16.6. The summed E-state index contributed by atoms with van der Waals surface area (Å²) in [7, 11) is 1.54. The number of ketones is 1. The molecule has 8 heteroatoms. The molecule has 2 aromatic carbocycles. The Morgan fingerprint density at radius 2 is 1.79 bits per heavy atom. The lowest BCUT2D eigenvalue weighted by Crippen LogP contribution is -2.42. The Morgan fingerprint density at radius 3 is 2.47 bits per heavy atom. The second-order valence-corrected chi connectivity index (χ2v) is 8.16. The molecule has 2 aliphatic rings. The van der Waals surface area contributed by atoms with Gasteiger partial charge in [0.2, 0.25) is 0 Å². The van der Waals surface area contributed by atoms with Crippen molar-refractivity contribution in [3.63, 3.8) is 0 Å². The van der Waals surface area contributed by atoms with Gasteiger partial charge in [-0.2, -0.15) is 0 Å². The number of hydrogen-bond acceptors (Lipinski definition) is 7. The molecule has 1 N–H and O–H groups in total. The molecular weight excluding hydrogens is 436 g/mol. The van der Waals surface area contributed by atoms with E-state index in [4.69, 9.17) is 14.2 Å². The van der Waals surface area contributed by atoms with Gasteiger partial charge in [-0.15, -0.1) is 0 Å². The van der Waals surface area contributed by atoms with Gasteiger partial charge in [0.1, 0.15) is 5.76 Å². The second-order valence-electron chi connectivity index (χ2n) is 8.16. The molecule has 0 radical (unpaired) electrons. The van der Waals surface area contributed by atoms with E-state index in [1.54, 1.807) is 48.4 Å². The average molecular weight is 467 g/mol. The molecule has 2 fully saturated rings. The van der Waals surface area contributed by atoms with Crippen molar-refractivity contribution in [3.05, 3.63) is 65.2 Å². The Labute approximate surface area is 199 Å². The van der Waals surface area contributed by atoms with Gasteiger partial charge in [0.05, 0.1) is 38.5 Å². The van der Waals surface area contributed by atoms with Crippen molar-refractivity contribution in [1.82, 2.24) is 9.80 Å². The number of aliphatic hydroxyl groups is 1. The third-order valence-electron chi connectivity index (χ3n) is 6.15. The molecule has 0 unspecified atom stereocenters. The number of likely N-dealkylation sites (tertiary alicyclic amines) is 1. The average Bonchev–Trinajstić information content (AvgIpc) is 3.13. The lowest BCUT2D eigenvalue weighted by molar-refractivity contribution is -0.140. The molecule has 0 saturated carbocycles. The highest BCUT2D eigenvalue weighted by Crippen LogP contribution is 2.41. The molecule has 2 heterocycles. The third-order valence-corrected chi connectivity index (χ3v) is 6.15. The molecule has 0 aromatic heterocycles. The van der Waals surface area contributed by atoms with E-state index >= 15 is 0 Å². The van der Waals surface area contributed by atoms with Crippen molar-refractivity contribution in [2.45, 2.75) is 13.0 Å². The van der Waals surface area contributed by atoms with E-state index in [9.17, 15) is 14.7 Å². The van der Waals surface area contributed by atoms with E-state index in [1.165, 1.54) is 0 Å². The lowest BCUT2D eigenvalue weighted by atomic mass is 9.95. The van der Waals surface area contributed by atoms with Crippen LogP contribution in [0.2, 0.25) is 0 Å². The van der Waals surface area contributed by atoms with E-state index in [-0.39, 0.29) is 11.3 Å².